The number of likely N-dealkylation sites (tertiary alicyclic amines) is 2. The number of piperidine rings is 1. The van der Waals surface area contributed by atoms with E-state index in [1.165, 1.54) is 16.1 Å². The molecule has 2 aromatic rings. The Hall–Kier alpha value is -2.46. The number of aryl methyl sites for hydroxylation is 1. The molecule has 2 saturated heterocycles. The Labute approximate surface area is 188 Å². The van der Waals surface area contributed by atoms with Crippen molar-refractivity contribution in [2.45, 2.75) is 57.4 Å². The van der Waals surface area contributed by atoms with Gasteiger partial charge in [-0.3, -0.25) is 9.69 Å². The summed E-state index contributed by atoms with van der Waals surface area (Å²) in [5.41, 5.74) is 2.58. The Morgan fingerprint density at radius 3 is 2.47 bits per heavy atom. The number of benzene rings is 1. The molecule has 0 saturated carbocycles. The van der Waals surface area contributed by atoms with E-state index in [-0.39, 0.29) is 5.54 Å². The minimum absolute atomic E-state index is 0.0697. The molecule has 3 heterocycles. The molecular formula is C22H26F3N3O3S. The Morgan fingerprint density at radius 2 is 1.91 bits per heavy atom. The summed E-state index contributed by atoms with van der Waals surface area (Å²) in [5, 5.41) is 10.4. The van der Waals surface area contributed by atoms with E-state index in [1.54, 1.807) is 11.3 Å². The van der Waals surface area contributed by atoms with Gasteiger partial charge in [0.05, 0.1) is 6.54 Å². The van der Waals surface area contributed by atoms with Gasteiger partial charge < -0.3 is 10.0 Å². The number of carboxylic acid groups (broad SMARTS) is 1. The zero-order valence-electron chi connectivity index (χ0n) is 17.8. The third kappa shape index (κ3) is 6.07. The minimum atomic E-state index is -5.08. The molecule has 6 nitrogen and oxygen atoms in total. The standard InChI is InChI=1S/C20H25N3OS.C2HF3O2/c1-16-3-2-4-17(13-16)14-23-19(24)5-6-20(23)7-10-22(11-8-20)15-18-21-9-12-25-18;3-2(4,5)1(6)7/h2-4,9,12-13H,5-8,10-11,14-15H2,1H3;(H,6,7). The zero-order chi connectivity index (χ0) is 23.4. The van der Waals surface area contributed by atoms with Crippen LogP contribution in [-0.4, -0.2) is 56.6 Å². The molecule has 0 radical (unpaired) electrons. The third-order valence-corrected chi connectivity index (χ3v) is 6.74. The van der Waals surface area contributed by atoms with Crippen LogP contribution in [0, 0.1) is 6.92 Å². The van der Waals surface area contributed by atoms with Crippen LogP contribution in [0.2, 0.25) is 0 Å². The molecule has 0 atom stereocenters. The topological polar surface area (TPSA) is 73.7 Å². The summed E-state index contributed by atoms with van der Waals surface area (Å²) in [5.74, 6) is -2.43. The second-order valence-corrected chi connectivity index (χ2v) is 9.18. The number of aliphatic carboxylic acids is 1. The molecule has 1 aromatic carbocycles. The molecule has 1 spiro atoms. The molecule has 1 aromatic heterocycles. The first-order valence-electron chi connectivity index (χ1n) is 10.4. The van der Waals surface area contributed by atoms with Crippen LogP contribution in [0.15, 0.2) is 35.8 Å². The number of hydrogen-bond acceptors (Lipinski definition) is 5. The van der Waals surface area contributed by atoms with Crippen LogP contribution in [0.4, 0.5) is 13.2 Å². The maximum atomic E-state index is 12.6. The van der Waals surface area contributed by atoms with E-state index in [4.69, 9.17) is 9.90 Å². The predicted octanol–water partition coefficient (Wildman–Crippen LogP) is 4.24. The number of aromatic nitrogens is 1. The second kappa shape index (κ2) is 9.99. The van der Waals surface area contributed by atoms with Gasteiger partial charge in [0.15, 0.2) is 0 Å². The van der Waals surface area contributed by atoms with E-state index in [2.05, 4.69) is 46.0 Å². The summed E-state index contributed by atoms with van der Waals surface area (Å²) in [6, 6.07) is 8.55. The fourth-order valence-corrected chi connectivity index (χ4v) is 4.95. The Kier molecular flexibility index (Phi) is 7.55. The molecule has 174 valence electrons. The van der Waals surface area contributed by atoms with Gasteiger partial charge in [-0.25, -0.2) is 9.78 Å². The summed E-state index contributed by atoms with van der Waals surface area (Å²) >= 11 is 1.73. The molecule has 0 bridgehead atoms. The smallest absolute Gasteiger partial charge is 0.475 e. The van der Waals surface area contributed by atoms with E-state index in [1.807, 2.05) is 11.6 Å². The van der Waals surface area contributed by atoms with Crippen molar-refractivity contribution >= 4 is 23.2 Å². The van der Waals surface area contributed by atoms with Crippen molar-refractivity contribution in [3.8, 4) is 0 Å². The van der Waals surface area contributed by atoms with Crippen LogP contribution >= 0.6 is 11.3 Å². The first-order chi connectivity index (χ1) is 15.1. The van der Waals surface area contributed by atoms with Gasteiger partial charge >= 0.3 is 12.1 Å². The Morgan fingerprint density at radius 1 is 1.22 bits per heavy atom. The van der Waals surface area contributed by atoms with Crippen LogP contribution in [0.3, 0.4) is 0 Å². The van der Waals surface area contributed by atoms with Gasteiger partial charge in [-0.1, -0.05) is 29.8 Å². The fourth-order valence-electron chi connectivity index (χ4n) is 4.29. The summed E-state index contributed by atoms with van der Waals surface area (Å²) in [4.78, 5) is 30.5. The number of alkyl halides is 3. The molecule has 0 unspecified atom stereocenters. The number of carbonyl (C=O) groups excluding carboxylic acids is 1. The number of rotatable bonds is 4. The minimum Gasteiger partial charge on any atom is -0.475 e. The maximum absolute atomic E-state index is 12.6. The van der Waals surface area contributed by atoms with Crippen molar-refractivity contribution in [3.05, 3.63) is 52.0 Å². The van der Waals surface area contributed by atoms with E-state index >= 15 is 0 Å². The molecule has 2 aliphatic heterocycles. The quantitative estimate of drug-likeness (QED) is 0.725. The van der Waals surface area contributed by atoms with Crippen LogP contribution in [-0.2, 0) is 22.7 Å². The third-order valence-electron chi connectivity index (χ3n) is 5.97. The molecule has 1 N–H and O–H groups in total. The number of carboxylic acids is 1. The molecule has 10 heteroatoms. The molecule has 1 amide bonds. The molecule has 4 rings (SSSR count). The van der Waals surface area contributed by atoms with Gasteiger partial charge in [-0.15, -0.1) is 11.3 Å². The number of hydrogen-bond donors (Lipinski definition) is 1. The SMILES string of the molecule is Cc1cccc(CN2C(=O)CCC23CCN(Cc2nccs2)CC3)c1.O=C(O)C(F)(F)F. The largest absolute Gasteiger partial charge is 0.490 e. The van der Waals surface area contributed by atoms with Gasteiger partial charge in [0.1, 0.15) is 5.01 Å². The maximum Gasteiger partial charge on any atom is 0.490 e. The van der Waals surface area contributed by atoms with Gasteiger partial charge in [-0.2, -0.15) is 13.2 Å². The molecule has 0 aliphatic carbocycles. The van der Waals surface area contributed by atoms with E-state index in [0.717, 1.165) is 45.4 Å². The van der Waals surface area contributed by atoms with E-state index in [9.17, 15) is 18.0 Å². The van der Waals surface area contributed by atoms with Gasteiger partial charge in [0.2, 0.25) is 5.91 Å². The lowest BCUT2D eigenvalue weighted by atomic mass is 9.84. The summed E-state index contributed by atoms with van der Waals surface area (Å²) < 4.78 is 31.7. The lowest BCUT2D eigenvalue weighted by molar-refractivity contribution is -0.192. The lowest BCUT2D eigenvalue weighted by Crippen LogP contribution is -2.52. The molecular weight excluding hydrogens is 443 g/mol. The number of amides is 1. The van der Waals surface area contributed by atoms with Crippen LogP contribution in [0.5, 0.6) is 0 Å². The average molecular weight is 470 g/mol. The molecule has 2 aliphatic rings. The Balaban J connectivity index is 0.000000360. The number of carbonyl (C=O) groups is 2. The highest BCUT2D eigenvalue weighted by Crippen LogP contribution is 2.40. The normalized spacial score (nSPS) is 18.5. The van der Waals surface area contributed by atoms with Gasteiger partial charge in [0.25, 0.3) is 0 Å². The number of thiazole rings is 1. The van der Waals surface area contributed by atoms with Crippen molar-refractivity contribution < 1.29 is 27.9 Å². The van der Waals surface area contributed by atoms with E-state index < -0.39 is 12.1 Å². The highest BCUT2D eigenvalue weighted by Gasteiger charge is 2.46. The molecule has 32 heavy (non-hydrogen) atoms. The molecule has 2 fully saturated rings. The zero-order valence-corrected chi connectivity index (χ0v) is 18.6. The monoisotopic (exact) mass is 469 g/mol. The Bertz CT molecular complexity index is 926. The van der Waals surface area contributed by atoms with Gasteiger partial charge in [0, 0.05) is 43.2 Å². The predicted molar refractivity (Wildman–Crippen MR) is 114 cm³/mol. The van der Waals surface area contributed by atoms with Gasteiger partial charge in [-0.05, 0) is 31.7 Å². The van der Waals surface area contributed by atoms with E-state index in [0.29, 0.717) is 12.3 Å². The summed E-state index contributed by atoms with van der Waals surface area (Å²) in [7, 11) is 0. The number of halogens is 3. The van der Waals surface area contributed by atoms with Crippen molar-refractivity contribution in [2.24, 2.45) is 0 Å². The number of nitrogens with zero attached hydrogens (tertiary/aromatic N) is 3. The first kappa shape index (κ1) is 24.2. The van der Waals surface area contributed by atoms with Crippen molar-refractivity contribution in [2.75, 3.05) is 13.1 Å². The van der Waals surface area contributed by atoms with Crippen molar-refractivity contribution in [1.82, 2.24) is 14.8 Å². The average Bonchev–Trinajstić information content (AvgIpc) is 3.34. The second-order valence-electron chi connectivity index (χ2n) is 8.20. The van der Waals surface area contributed by atoms with Crippen LogP contribution in [0.1, 0.15) is 41.8 Å². The van der Waals surface area contributed by atoms with Crippen LogP contribution < -0.4 is 0 Å². The first-order valence-corrected chi connectivity index (χ1v) is 11.2. The highest BCUT2D eigenvalue weighted by molar-refractivity contribution is 7.09. The fraction of sp³-hybridized carbons (Fsp3) is 0.500. The van der Waals surface area contributed by atoms with Crippen molar-refractivity contribution in [3.63, 3.8) is 0 Å². The van der Waals surface area contributed by atoms with Crippen molar-refractivity contribution in [1.29, 1.82) is 0 Å². The lowest BCUT2D eigenvalue weighted by Gasteiger charge is -2.45. The highest BCUT2D eigenvalue weighted by atomic mass is 32.1. The summed E-state index contributed by atoms with van der Waals surface area (Å²) in [6.07, 6.45) is 0.678. The summed E-state index contributed by atoms with van der Waals surface area (Å²) in [6.45, 7) is 5.92. The van der Waals surface area contributed by atoms with Crippen LogP contribution in [0.25, 0.3) is 0 Å².